The van der Waals surface area contributed by atoms with Gasteiger partial charge >= 0.3 is 5.97 Å². The van der Waals surface area contributed by atoms with Crippen LogP contribution in [-0.4, -0.2) is 103 Å². The minimum atomic E-state index is -1.19. The van der Waals surface area contributed by atoms with Crippen LogP contribution in [0, 0.1) is 0 Å². The Labute approximate surface area is 388 Å². The fourth-order valence-corrected chi connectivity index (χ4v) is 6.23. The summed E-state index contributed by atoms with van der Waals surface area (Å²) in [7, 11) is 0. The molecule has 67 heavy (non-hydrogen) atoms. The SMILES string of the molecule is NC(N)=NCCC[C@H](NC(=O)[C@@H](N)CCCN=C(N)N)C(=O)Nc1cccc(N(CC(=O)NCc2ccccc2/C=C/C=C/C(=O)N[C@H](CCCN=C(N)N)C(=O)O)C(=O)c2ccccc2)c1. The highest BCUT2D eigenvalue weighted by Gasteiger charge is 2.25. The fraction of sp³-hybridized carbons (Fsp3) is 0.311. The zero-order valence-electron chi connectivity index (χ0n) is 37.1. The molecule has 0 fully saturated rings. The molecule has 3 atom stereocenters. The van der Waals surface area contributed by atoms with Crippen molar-refractivity contribution in [2.45, 2.75) is 63.2 Å². The lowest BCUT2D eigenvalue weighted by atomic mass is 10.1. The van der Waals surface area contributed by atoms with Crippen molar-refractivity contribution in [3.63, 3.8) is 0 Å². The van der Waals surface area contributed by atoms with Gasteiger partial charge in [0.15, 0.2) is 17.9 Å². The maximum absolute atomic E-state index is 14.0. The number of guanidine groups is 3. The summed E-state index contributed by atoms with van der Waals surface area (Å²) in [5.41, 5.74) is 40.6. The van der Waals surface area contributed by atoms with E-state index in [1.54, 1.807) is 84.9 Å². The Morgan fingerprint density at radius 1 is 0.672 bits per heavy atom. The number of hydrogen-bond donors (Lipinski definition) is 12. The van der Waals surface area contributed by atoms with Crippen LogP contribution in [0.25, 0.3) is 6.08 Å². The first-order valence-corrected chi connectivity index (χ1v) is 21.3. The quantitative estimate of drug-likeness (QED) is 0.0154. The van der Waals surface area contributed by atoms with Crippen LogP contribution < -0.4 is 66.3 Å². The lowest BCUT2D eigenvalue weighted by Gasteiger charge is -2.24. The molecule has 0 saturated carbocycles. The summed E-state index contributed by atoms with van der Waals surface area (Å²) in [6.45, 7) is 0.359. The lowest BCUT2D eigenvalue weighted by molar-refractivity contribution is -0.141. The topological polar surface area (TPSA) is 393 Å². The van der Waals surface area contributed by atoms with E-state index in [1.807, 2.05) is 0 Å². The minimum absolute atomic E-state index is 0.0728. The second-order valence-corrected chi connectivity index (χ2v) is 14.9. The van der Waals surface area contributed by atoms with Crippen molar-refractivity contribution < 1.29 is 33.9 Å². The molecule has 0 aliphatic rings. The highest BCUT2D eigenvalue weighted by atomic mass is 16.4. The number of carboxylic acid groups (broad SMARTS) is 1. The van der Waals surface area contributed by atoms with Crippen LogP contribution in [0.4, 0.5) is 11.4 Å². The van der Waals surface area contributed by atoms with Gasteiger partial charge in [-0.3, -0.25) is 43.8 Å². The summed E-state index contributed by atoms with van der Waals surface area (Å²) in [4.78, 5) is 91.4. The highest BCUT2D eigenvalue weighted by Crippen LogP contribution is 2.23. The molecule has 0 spiro atoms. The average Bonchev–Trinajstić information content (AvgIpc) is 3.29. The number of aliphatic carboxylic acids is 1. The van der Waals surface area contributed by atoms with Crippen molar-refractivity contribution in [3.8, 4) is 0 Å². The van der Waals surface area contributed by atoms with Gasteiger partial charge in [-0.1, -0.05) is 66.8 Å². The number of carbonyl (C=O) groups is 6. The maximum Gasteiger partial charge on any atom is 0.326 e. The number of carbonyl (C=O) groups excluding carboxylic acids is 5. The molecule has 19 N–H and O–H groups in total. The molecule has 0 aliphatic heterocycles. The Kier molecular flexibility index (Phi) is 22.6. The van der Waals surface area contributed by atoms with E-state index in [-0.39, 0.29) is 74.7 Å². The van der Waals surface area contributed by atoms with Crippen LogP contribution in [-0.2, 0) is 30.5 Å². The third-order valence-corrected chi connectivity index (χ3v) is 9.60. The molecule has 3 rings (SSSR count). The Hall–Kier alpha value is -8.27. The summed E-state index contributed by atoms with van der Waals surface area (Å²) in [6, 6.07) is 18.8. The zero-order chi connectivity index (χ0) is 49.1. The first-order valence-electron chi connectivity index (χ1n) is 21.3. The zero-order valence-corrected chi connectivity index (χ0v) is 37.1. The van der Waals surface area contributed by atoms with Gasteiger partial charge in [0.05, 0.1) is 6.04 Å². The Morgan fingerprint density at radius 2 is 1.27 bits per heavy atom. The number of hydrogen-bond acceptors (Lipinski definition) is 10. The smallest absolute Gasteiger partial charge is 0.326 e. The molecule has 5 amide bonds. The molecule has 0 aromatic heterocycles. The van der Waals surface area contributed by atoms with Crippen LogP contribution in [0.1, 0.15) is 60.0 Å². The van der Waals surface area contributed by atoms with Crippen LogP contribution in [0.15, 0.2) is 112 Å². The Morgan fingerprint density at radius 3 is 1.90 bits per heavy atom. The molecule has 358 valence electrons. The number of aliphatic imine (C=N–C) groups is 3. The van der Waals surface area contributed by atoms with E-state index in [0.29, 0.717) is 36.0 Å². The second kappa shape index (κ2) is 28.5. The Balaban J connectivity index is 1.75. The highest BCUT2D eigenvalue weighted by molar-refractivity contribution is 6.09. The van der Waals surface area contributed by atoms with Crippen molar-refractivity contribution in [2.75, 3.05) is 36.4 Å². The van der Waals surface area contributed by atoms with E-state index in [4.69, 9.17) is 40.1 Å². The molecule has 0 unspecified atom stereocenters. The molecular weight excluding hydrogens is 863 g/mol. The predicted octanol–water partition coefficient (Wildman–Crippen LogP) is -0.300. The third kappa shape index (κ3) is 20.4. The van der Waals surface area contributed by atoms with Gasteiger partial charge in [0.25, 0.3) is 5.91 Å². The van der Waals surface area contributed by atoms with Crippen LogP contribution >= 0.6 is 0 Å². The van der Waals surface area contributed by atoms with Crippen molar-refractivity contribution in [3.05, 3.63) is 114 Å². The van der Waals surface area contributed by atoms with E-state index in [9.17, 15) is 33.9 Å². The van der Waals surface area contributed by atoms with Gasteiger partial charge in [-0.25, -0.2) is 4.79 Å². The van der Waals surface area contributed by atoms with E-state index in [1.165, 1.54) is 23.1 Å². The summed E-state index contributed by atoms with van der Waals surface area (Å²) >= 11 is 0. The predicted molar refractivity (Wildman–Crippen MR) is 259 cm³/mol. The van der Waals surface area contributed by atoms with Crippen LogP contribution in [0.5, 0.6) is 0 Å². The lowest BCUT2D eigenvalue weighted by Crippen LogP contribution is -2.50. The number of nitrogens with one attached hydrogen (secondary N) is 4. The first-order chi connectivity index (χ1) is 32.0. The van der Waals surface area contributed by atoms with E-state index in [2.05, 4.69) is 36.2 Å². The van der Waals surface area contributed by atoms with Crippen molar-refractivity contribution in [1.82, 2.24) is 16.0 Å². The number of rotatable bonds is 27. The van der Waals surface area contributed by atoms with Crippen molar-refractivity contribution in [2.24, 2.45) is 55.1 Å². The van der Waals surface area contributed by atoms with Gasteiger partial charge in [-0.2, -0.15) is 0 Å². The second-order valence-electron chi connectivity index (χ2n) is 14.9. The van der Waals surface area contributed by atoms with Crippen molar-refractivity contribution in [1.29, 1.82) is 0 Å². The molecule has 22 nitrogen and oxygen atoms in total. The van der Waals surface area contributed by atoms with E-state index >= 15 is 0 Å². The molecule has 0 heterocycles. The monoisotopic (exact) mass is 923 g/mol. The van der Waals surface area contributed by atoms with Gasteiger partial charge in [0.1, 0.15) is 18.6 Å². The number of nitrogens with two attached hydrogens (primary N) is 7. The molecular formula is C45H61N15O7. The van der Waals surface area contributed by atoms with Crippen LogP contribution in [0.2, 0.25) is 0 Å². The molecule has 0 bridgehead atoms. The van der Waals surface area contributed by atoms with E-state index in [0.717, 1.165) is 0 Å². The van der Waals surface area contributed by atoms with Gasteiger partial charge in [0.2, 0.25) is 23.6 Å². The number of allylic oxidation sites excluding steroid dienone is 2. The number of amides is 5. The summed E-state index contributed by atoms with van der Waals surface area (Å²) < 4.78 is 0. The molecule has 0 radical (unpaired) electrons. The normalized spacial score (nSPS) is 12.2. The van der Waals surface area contributed by atoms with Gasteiger partial charge in [-0.05, 0) is 80.0 Å². The standard InChI is InChI=1S/C45H61N15O7/c46-34(19-9-23-53-43(47)48)39(63)59-35(20-10-24-54-44(49)50)40(64)57-32-17-8-18-33(26-32)60(41(65)30-14-2-1-3-15-30)28-38(62)56-27-31-16-5-4-12-29(31)13-6-7-22-37(61)58-36(42(66)67)21-11-25-55-45(51)52/h1-8,12-18,22,26,34-36H,9-11,19-21,23-25,27-28,46H2,(H,56,62)(H,57,64)(H,58,61)(H,59,63)(H,66,67)(H4,47,48,53)(H4,49,50,54)(H4,51,52,55)/b13-6+,22-7+/t34-,35-,36+/m0/s1. The number of benzene rings is 3. The van der Waals surface area contributed by atoms with E-state index < -0.39 is 60.2 Å². The number of nitrogens with zero attached hydrogens (tertiary/aromatic N) is 4. The molecule has 3 aromatic carbocycles. The summed E-state index contributed by atoms with van der Waals surface area (Å²) in [5.74, 6) is -4.25. The van der Waals surface area contributed by atoms with Gasteiger partial charge in [0, 0.05) is 49.2 Å². The first kappa shape index (κ1) is 53.1. The molecule has 0 saturated heterocycles. The number of carboxylic acids is 1. The summed E-state index contributed by atoms with van der Waals surface area (Å²) in [6.07, 6.45) is 7.59. The fourth-order valence-electron chi connectivity index (χ4n) is 6.23. The van der Waals surface area contributed by atoms with Crippen LogP contribution in [0.3, 0.4) is 0 Å². The minimum Gasteiger partial charge on any atom is -0.480 e. The molecule has 22 heteroatoms. The molecule has 3 aromatic rings. The Bertz CT molecular complexity index is 2290. The number of anilines is 2. The van der Waals surface area contributed by atoms with Crippen molar-refractivity contribution >= 4 is 70.8 Å². The van der Waals surface area contributed by atoms with Gasteiger partial charge in [-0.15, -0.1) is 0 Å². The molecule has 0 aliphatic carbocycles. The summed E-state index contributed by atoms with van der Waals surface area (Å²) in [5, 5.41) is 20.3. The maximum atomic E-state index is 14.0. The van der Waals surface area contributed by atoms with Gasteiger partial charge < -0.3 is 66.5 Å². The third-order valence-electron chi connectivity index (χ3n) is 9.60. The average molecular weight is 924 g/mol. The largest absolute Gasteiger partial charge is 0.480 e.